The van der Waals surface area contributed by atoms with Gasteiger partial charge in [-0.05, 0) is 70.6 Å². The van der Waals surface area contributed by atoms with Crippen LogP contribution in [0.1, 0.15) is 117 Å². The van der Waals surface area contributed by atoms with E-state index < -0.39 is 44.7 Å². The Kier molecular flexibility index (Phi) is 36.3. The molecule has 0 aliphatic rings. The van der Waals surface area contributed by atoms with Crippen LogP contribution in [-0.2, 0) is 32.7 Å². The lowest BCUT2D eigenvalue weighted by Crippen LogP contribution is -2.37. The number of rotatable bonds is 37. The van der Waals surface area contributed by atoms with Gasteiger partial charge in [-0.3, -0.25) is 14.2 Å². The first-order valence-electron chi connectivity index (χ1n) is 21.8. The fourth-order valence-corrected chi connectivity index (χ4v) is 5.78. The molecule has 12 heteroatoms. The van der Waals surface area contributed by atoms with Crippen molar-refractivity contribution in [1.29, 1.82) is 0 Å². The summed E-state index contributed by atoms with van der Waals surface area (Å²) in [6.45, 7) is 3.64. The van der Waals surface area contributed by atoms with Crippen LogP contribution in [0, 0.1) is 0 Å². The highest BCUT2D eigenvalue weighted by Gasteiger charge is 2.21. The molecule has 0 saturated carbocycles. The SMILES string of the molecule is CC/C=C\C/C=C\C/C=C\CCCCCCCC(=O)OC[C@H](COP(=O)([O-])OCC[N+](C)(C)C)OC(=O)CCC/C=C\[C@@H](O)/C=C/C=C\C/C=C\C=C\[C@@H](O)C/C=C\CC. The number of carbonyl (C=O) groups is 2. The minimum atomic E-state index is -4.69. The van der Waals surface area contributed by atoms with Gasteiger partial charge in [0.25, 0.3) is 7.82 Å². The molecular formula is C48H78NO10P. The Morgan fingerprint density at radius 3 is 1.92 bits per heavy atom. The van der Waals surface area contributed by atoms with Gasteiger partial charge < -0.3 is 38.1 Å². The maximum atomic E-state index is 12.7. The Morgan fingerprint density at radius 1 is 0.633 bits per heavy atom. The summed E-state index contributed by atoms with van der Waals surface area (Å²) < 4.78 is 33.7. The van der Waals surface area contributed by atoms with Crippen molar-refractivity contribution in [2.24, 2.45) is 0 Å². The molecule has 0 aliphatic heterocycles. The van der Waals surface area contributed by atoms with Gasteiger partial charge in [-0.25, -0.2) is 0 Å². The van der Waals surface area contributed by atoms with Gasteiger partial charge >= 0.3 is 11.9 Å². The molecule has 0 radical (unpaired) electrons. The van der Waals surface area contributed by atoms with Gasteiger partial charge in [0.05, 0.1) is 40.0 Å². The molecule has 0 aromatic heterocycles. The van der Waals surface area contributed by atoms with Crippen LogP contribution in [0.4, 0.5) is 0 Å². The summed E-state index contributed by atoms with van der Waals surface area (Å²) in [5.74, 6) is -1.05. The topological polar surface area (TPSA) is 152 Å². The molecule has 340 valence electrons. The number of nitrogens with zero attached hydrogens (tertiary/aromatic N) is 1. The number of likely N-dealkylation sites (N-methyl/N-ethyl adjacent to an activating group) is 1. The van der Waals surface area contributed by atoms with Crippen LogP contribution in [0.2, 0.25) is 0 Å². The van der Waals surface area contributed by atoms with Gasteiger partial charge in [-0.15, -0.1) is 0 Å². The zero-order valence-corrected chi connectivity index (χ0v) is 38.2. The molecular weight excluding hydrogens is 781 g/mol. The molecule has 0 heterocycles. The van der Waals surface area contributed by atoms with E-state index in [1.54, 1.807) is 30.4 Å². The van der Waals surface area contributed by atoms with Crippen LogP contribution < -0.4 is 4.89 Å². The first-order valence-corrected chi connectivity index (χ1v) is 23.3. The number of aliphatic hydroxyl groups excluding tert-OH is 2. The van der Waals surface area contributed by atoms with Gasteiger partial charge in [0, 0.05) is 12.8 Å². The molecule has 0 bridgehead atoms. The van der Waals surface area contributed by atoms with Gasteiger partial charge in [0.2, 0.25) is 0 Å². The molecule has 0 spiro atoms. The van der Waals surface area contributed by atoms with Crippen molar-refractivity contribution in [3.8, 4) is 0 Å². The zero-order chi connectivity index (χ0) is 44.6. The number of carbonyl (C=O) groups excluding carboxylic acids is 2. The Hall–Kier alpha value is -3.41. The number of hydrogen-bond acceptors (Lipinski definition) is 10. The quantitative estimate of drug-likeness (QED) is 0.0154. The maximum Gasteiger partial charge on any atom is 0.306 e. The number of unbranched alkanes of at least 4 members (excludes halogenated alkanes) is 6. The molecule has 0 aromatic carbocycles. The molecule has 0 fully saturated rings. The van der Waals surface area contributed by atoms with Gasteiger partial charge in [-0.2, -0.15) is 0 Å². The first kappa shape index (κ1) is 56.6. The van der Waals surface area contributed by atoms with Crippen LogP contribution in [0.5, 0.6) is 0 Å². The molecule has 0 aromatic rings. The number of aliphatic hydroxyl groups is 2. The first-order chi connectivity index (χ1) is 28.8. The maximum absolute atomic E-state index is 12.7. The smallest absolute Gasteiger partial charge is 0.306 e. The van der Waals surface area contributed by atoms with Crippen LogP contribution in [-0.4, -0.2) is 92.5 Å². The molecule has 2 N–H and O–H groups in total. The van der Waals surface area contributed by atoms with Crippen molar-refractivity contribution in [2.45, 2.75) is 135 Å². The van der Waals surface area contributed by atoms with E-state index in [4.69, 9.17) is 18.5 Å². The molecule has 0 rings (SSSR count). The third-order valence-corrected chi connectivity index (χ3v) is 9.43. The minimum Gasteiger partial charge on any atom is -0.756 e. The van der Waals surface area contributed by atoms with Crippen molar-refractivity contribution >= 4 is 19.8 Å². The van der Waals surface area contributed by atoms with Gasteiger partial charge in [0.15, 0.2) is 6.10 Å². The van der Waals surface area contributed by atoms with Crippen LogP contribution in [0.3, 0.4) is 0 Å². The molecule has 0 aliphatic carbocycles. The number of phosphoric ester groups is 1. The summed E-state index contributed by atoms with van der Waals surface area (Å²) in [6.07, 6.45) is 44.8. The highest BCUT2D eigenvalue weighted by Crippen LogP contribution is 2.38. The fraction of sp³-hybridized carbons (Fsp3) is 0.583. The van der Waals surface area contributed by atoms with Crippen LogP contribution in [0.15, 0.2) is 109 Å². The summed E-state index contributed by atoms with van der Waals surface area (Å²) >= 11 is 0. The Bertz CT molecular complexity index is 1420. The van der Waals surface area contributed by atoms with Crippen LogP contribution >= 0.6 is 7.82 Å². The molecule has 60 heavy (non-hydrogen) atoms. The van der Waals surface area contributed by atoms with E-state index >= 15 is 0 Å². The van der Waals surface area contributed by atoms with E-state index in [-0.39, 0.29) is 26.1 Å². The molecule has 0 saturated heterocycles. The monoisotopic (exact) mass is 860 g/mol. The predicted molar refractivity (Wildman–Crippen MR) is 243 cm³/mol. The number of esters is 2. The van der Waals surface area contributed by atoms with E-state index in [9.17, 15) is 29.3 Å². The van der Waals surface area contributed by atoms with E-state index in [0.29, 0.717) is 43.1 Å². The van der Waals surface area contributed by atoms with Gasteiger partial charge in [0.1, 0.15) is 19.8 Å². The van der Waals surface area contributed by atoms with Crippen molar-refractivity contribution in [1.82, 2.24) is 0 Å². The fourth-order valence-electron chi connectivity index (χ4n) is 5.05. The van der Waals surface area contributed by atoms with Crippen LogP contribution in [0.25, 0.3) is 0 Å². The lowest BCUT2D eigenvalue weighted by atomic mass is 10.1. The third kappa shape index (κ3) is 41.3. The summed E-state index contributed by atoms with van der Waals surface area (Å²) in [6, 6.07) is 0. The average molecular weight is 860 g/mol. The Balaban J connectivity index is 4.68. The standard InChI is InChI=1S/C48H78NO10P/c1-6-8-10-11-12-13-14-15-16-17-18-19-23-26-32-38-47(52)56-42-46(43-58-60(54,55)57-41-40-49(3,4)5)59-48(53)39-33-27-31-37-45(51)36-30-25-22-20-21-24-29-35-44(50)34-28-9-7-2/h8-10,12-13,15-16,21-22,24-25,28-31,35-37,44-46,50-51H,6-7,11,14,17-20,23,26-27,32-34,38-43H2,1-5H3/b10-8-,13-12-,16-15-,24-21-,25-22-,28-9-,35-29+,36-30+,37-31-/t44-,45-,46+/m0/s1. The number of ether oxygens (including phenoxy) is 2. The minimum absolute atomic E-state index is 0.0276. The Morgan fingerprint density at radius 2 is 1.22 bits per heavy atom. The highest BCUT2D eigenvalue weighted by atomic mass is 31.2. The number of quaternary nitrogens is 1. The van der Waals surface area contributed by atoms with E-state index in [0.717, 1.165) is 57.8 Å². The van der Waals surface area contributed by atoms with E-state index in [1.807, 2.05) is 63.7 Å². The summed E-state index contributed by atoms with van der Waals surface area (Å²) in [5.41, 5.74) is 0. The summed E-state index contributed by atoms with van der Waals surface area (Å²) in [5, 5.41) is 20.0. The van der Waals surface area contributed by atoms with E-state index in [2.05, 4.69) is 50.3 Å². The Labute approximate surface area is 362 Å². The van der Waals surface area contributed by atoms with Gasteiger partial charge in [-0.1, -0.05) is 142 Å². The number of phosphoric acid groups is 1. The number of allylic oxidation sites excluding steroid dienone is 14. The normalized spacial score (nSPS) is 15.7. The second-order valence-corrected chi connectivity index (χ2v) is 16.8. The second-order valence-electron chi connectivity index (χ2n) is 15.3. The second kappa shape index (κ2) is 38.5. The lowest BCUT2D eigenvalue weighted by Gasteiger charge is -2.28. The summed E-state index contributed by atoms with van der Waals surface area (Å²) in [4.78, 5) is 37.5. The zero-order valence-electron chi connectivity index (χ0n) is 37.3. The van der Waals surface area contributed by atoms with E-state index in [1.165, 1.54) is 0 Å². The highest BCUT2D eigenvalue weighted by molar-refractivity contribution is 7.45. The largest absolute Gasteiger partial charge is 0.756 e. The third-order valence-electron chi connectivity index (χ3n) is 8.46. The molecule has 11 nitrogen and oxygen atoms in total. The molecule has 1 unspecified atom stereocenters. The number of hydrogen-bond donors (Lipinski definition) is 2. The molecule has 0 amide bonds. The van der Waals surface area contributed by atoms with Crippen molar-refractivity contribution in [2.75, 3.05) is 47.5 Å². The summed E-state index contributed by atoms with van der Waals surface area (Å²) in [7, 11) is 1.00. The van der Waals surface area contributed by atoms with Crippen molar-refractivity contribution in [3.05, 3.63) is 109 Å². The lowest BCUT2D eigenvalue weighted by molar-refractivity contribution is -0.870. The predicted octanol–water partition coefficient (Wildman–Crippen LogP) is 9.66. The van der Waals surface area contributed by atoms with Crippen molar-refractivity contribution < 1.29 is 52.3 Å². The van der Waals surface area contributed by atoms with Crippen molar-refractivity contribution in [3.63, 3.8) is 0 Å². The average Bonchev–Trinajstić information content (AvgIpc) is 3.19. The molecule has 4 atom stereocenters.